The third-order valence-electron chi connectivity index (χ3n) is 11.6. The SMILES string of the molecule is CC[C@@H](C(=O)[C@@H](C)[C@@H](O)[C@H](C)[C@H]1O[C@@](O)(CC)[C@H](C)C[C@@H]1C)[C@H]1O[C@](C)([C@]2(O)O[C@@](CC)([C@H](C)O)C[C@H]2C)C[C@@H]1C. The molecular formula is C33H60O8. The number of hydrogen-bond acceptors (Lipinski definition) is 8. The molecule has 4 N–H and O–H groups in total. The van der Waals surface area contributed by atoms with E-state index in [4.69, 9.17) is 14.2 Å². The first-order valence-electron chi connectivity index (χ1n) is 16.3. The van der Waals surface area contributed by atoms with Gasteiger partial charge in [0.2, 0.25) is 0 Å². The maximum absolute atomic E-state index is 14.0. The van der Waals surface area contributed by atoms with Gasteiger partial charge in [0.05, 0.1) is 30.0 Å². The summed E-state index contributed by atoms with van der Waals surface area (Å²) in [4.78, 5) is 14.0. The number of hydrogen-bond donors (Lipinski definition) is 4. The maximum atomic E-state index is 14.0. The summed E-state index contributed by atoms with van der Waals surface area (Å²) in [6, 6.07) is 0. The van der Waals surface area contributed by atoms with Crippen molar-refractivity contribution >= 4 is 5.78 Å². The Labute approximate surface area is 248 Å². The van der Waals surface area contributed by atoms with Crippen molar-refractivity contribution in [2.75, 3.05) is 0 Å². The fraction of sp³-hybridized carbons (Fsp3) is 0.970. The fourth-order valence-corrected chi connectivity index (χ4v) is 8.56. The van der Waals surface area contributed by atoms with Crippen molar-refractivity contribution in [3.8, 4) is 0 Å². The van der Waals surface area contributed by atoms with Gasteiger partial charge in [-0.25, -0.2) is 0 Å². The minimum absolute atomic E-state index is 0.00797. The molecule has 3 fully saturated rings. The molecule has 8 nitrogen and oxygen atoms in total. The second-order valence-electron chi connectivity index (χ2n) is 14.4. The van der Waals surface area contributed by atoms with Gasteiger partial charge < -0.3 is 34.6 Å². The van der Waals surface area contributed by atoms with E-state index < -0.39 is 52.9 Å². The smallest absolute Gasteiger partial charge is 0.198 e. The Bertz CT molecular complexity index is 912. The van der Waals surface area contributed by atoms with Crippen molar-refractivity contribution in [2.45, 2.75) is 162 Å². The molecule has 8 heteroatoms. The van der Waals surface area contributed by atoms with Crippen molar-refractivity contribution in [2.24, 2.45) is 41.4 Å². The average molecular weight is 585 g/mol. The summed E-state index contributed by atoms with van der Waals surface area (Å²) in [6.07, 6.45) is 0.883. The molecule has 0 aliphatic carbocycles. The highest BCUT2D eigenvalue weighted by Gasteiger charge is 2.66. The number of aliphatic hydroxyl groups excluding tert-OH is 2. The number of carbonyl (C=O) groups is 1. The Balaban J connectivity index is 1.78. The normalized spacial score (nSPS) is 47.1. The van der Waals surface area contributed by atoms with Crippen LogP contribution in [-0.4, -0.2) is 73.4 Å². The monoisotopic (exact) mass is 584 g/mol. The molecule has 15 atom stereocenters. The lowest BCUT2D eigenvalue weighted by molar-refractivity contribution is -0.331. The maximum Gasteiger partial charge on any atom is 0.198 e. The van der Waals surface area contributed by atoms with Crippen LogP contribution in [0.2, 0.25) is 0 Å². The van der Waals surface area contributed by atoms with Crippen molar-refractivity contribution < 1.29 is 39.4 Å². The minimum atomic E-state index is -1.61. The predicted molar refractivity (Wildman–Crippen MR) is 158 cm³/mol. The Hall–Kier alpha value is -0.610. The lowest BCUT2D eigenvalue weighted by atomic mass is 9.73. The molecule has 0 aromatic carbocycles. The van der Waals surface area contributed by atoms with Crippen molar-refractivity contribution in [3.05, 3.63) is 0 Å². The van der Waals surface area contributed by atoms with Crippen LogP contribution in [0.25, 0.3) is 0 Å². The first-order chi connectivity index (χ1) is 18.9. The number of carbonyl (C=O) groups excluding carboxylic acids is 1. The molecule has 240 valence electrons. The Morgan fingerprint density at radius 2 is 1.49 bits per heavy atom. The lowest BCUT2D eigenvalue weighted by Gasteiger charge is -2.48. The second kappa shape index (κ2) is 12.4. The Morgan fingerprint density at radius 3 is 1.98 bits per heavy atom. The third-order valence-corrected chi connectivity index (χ3v) is 11.6. The van der Waals surface area contributed by atoms with Crippen LogP contribution in [0.1, 0.15) is 115 Å². The summed E-state index contributed by atoms with van der Waals surface area (Å²) in [5.74, 6) is -4.54. The summed E-state index contributed by atoms with van der Waals surface area (Å²) >= 11 is 0. The fourth-order valence-electron chi connectivity index (χ4n) is 8.56. The molecule has 3 heterocycles. The van der Waals surface area contributed by atoms with E-state index in [-0.39, 0.29) is 41.5 Å². The van der Waals surface area contributed by atoms with E-state index in [0.29, 0.717) is 32.1 Å². The van der Waals surface area contributed by atoms with E-state index in [1.165, 1.54) is 0 Å². The van der Waals surface area contributed by atoms with Crippen LogP contribution in [-0.2, 0) is 19.0 Å². The van der Waals surface area contributed by atoms with Gasteiger partial charge in [-0.05, 0) is 64.2 Å². The molecule has 3 aliphatic rings. The van der Waals surface area contributed by atoms with Gasteiger partial charge in [0.25, 0.3) is 0 Å². The molecule has 3 aliphatic heterocycles. The van der Waals surface area contributed by atoms with Gasteiger partial charge in [0, 0.05) is 29.6 Å². The van der Waals surface area contributed by atoms with Crippen LogP contribution in [0.4, 0.5) is 0 Å². The van der Waals surface area contributed by atoms with Crippen LogP contribution in [0.15, 0.2) is 0 Å². The van der Waals surface area contributed by atoms with Gasteiger partial charge in [-0.1, -0.05) is 62.3 Å². The summed E-state index contributed by atoms with van der Waals surface area (Å²) in [7, 11) is 0. The molecule has 0 bridgehead atoms. The molecule has 0 radical (unpaired) electrons. The summed E-state index contributed by atoms with van der Waals surface area (Å²) in [5.41, 5.74) is -1.91. The van der Waals surface area contributed by atoms with E-state index >= 15 is 0 Å². The molecule has 3 rings (SSSR count). The van der Waals surface area contributed by atoms with Crippen LogP contribution in [0.3, 0.4) is 0 Å². The van der Waals surface area contributed by atoms with Gasteiger partial charge in [0.1, 0.15) is 11.4 Å². The van der Waals surface area contributed by atoms with Gasteiger partial charge in [-0.2, -0.15) is 0 Å². The molecule has 41 heavy (non-hydrogen) atoms. The molecule has 0 aromatic heterocycles. The van der Waals surface area contributed by atoms with Crippen molar-refractivity contribution in [1.82, 2.24) is 0 Å². The number of ketones is 1. The quantitative estimate of drug-likeness (QED) is 0.272. The highest BCUT2D eigenvalue weighted by molar-refractivity contribution is 5.84. The Kier molecular flexibility index (Phi) is 10.6. The van der Waals surface area contributed by atoms with Crippen LogP contribution in [0.5, 0.6) is 0 Å². The van der Waals surface area contributed by atoms with E-state index in [2.05, 4.69) is 6.92 Å². The zero-order chi connectivity index (χ0) is 31.3. The van der Waals surface area contributed by atoms with Crippen LogP contribution < -0.4 is 0 Å². The molecule has 0 unspecified atom stereocenters. The first kappa shape index (κ1) is 34.9. The van der Waals surface area contributed by atoms with E-state index in [1.54, 1.807) is 13.8 Å². The van der Waals surface area contributed by atoms with Gasteiger partial charge >= 0.3 is 0 Å². The lowest BCUT2D eigenvalue weighted by Crippen LogP contribution is -2.57. The number of aliphatic hydroxyl groups is 4. The molecular weight excluding hydrogens is 524 g/mol. The first-order valence-corrected chi connectivity index (χ1v) is 16.3. The zero-order valence-corrected chi connectivity index (χ0v) is 27.5. The number of ether oxygens (including phenoxy) is 3. The number of Topliss-reactive ketones (excluding diaryl/α,β-unsaturated/α-hetero) is 1. The van der Waals surface area contributed by atoms with Gasteiger partial charge in [-0.3, -0.25) is 4.79 Å². The summed E-state index contributed by atoms with van der Waals surface area (Å²) < 4.78 is 19.2. The van der Waals surface area contributed by atoms with Crippen LogP contribution in [0, 0.1) is 41.4 Å². The van der Waals surface area contributed by atoms with E-state index in [0.717, 1.165) is 6.42 Å². The third kappa shape index (κ3) is 5.93. The van der Waals surface area contributed by atoms with E-state index in [9.17, 15) is 25.2 Å². The van der Waals surface area contributed by atoms with Crippen LogP contribution >= 0.6 is 0 Å². The Morgan fingerprint density at radius 1 is 0.878 bits per heavy atom. The second-order valence-corrected chi connectivity index (χ2v) is 14.4. The zero-order valence-electron chi connectivity index (χ0n) is 27.5. The molecule has 0 aromatic rings. The molecule has 0 spiro atoms. The predicted octanol–water partition coefficient (Wildman–Crippen LogP) is 4.83. The standard InChI is InChI=1S/C33H60O8/c1-12-25(27(36)22(8)26(35)23(9)28-18(4)15-20(6)32(37,14-3)40-28)29-19(5)16-30(11,39-29)33(38)21(7)17-31(13-2,41-33)24(10)34/h18-26,28-29,34-35,37-38H,12-17H2,1-11H3/t18-,19-,20+,21+,22-,23-,24-,25-,26+,28-,29-,30-,31+,32-,33+/m0/s1. The molecule has 0 saturated carbocycles. The molecule has 3 saturated heterocycles. The highest BCUT2D eigenvalue weighted by atomic mass is 16.7. The van der Waals surface area contributed by atoms with Gasteiger partial charge in [-0.15, -0.1) is 0 Å². The van der Waals surface area contributed by atoms with Crippen molar-refractivity contribution in [1.29, 1.82) is 0 Å². The largest absolute Gasteiger partial charge is 0.392 e. The summed E-state index contributed by atoms with van der Waals surface area (Å²) in [6.45, 7) is 21.1. The van der Waals surface area contributed by atoms with Gasteiger partial charge in [0.15, 0.2) is 11.6 Å². The topological polar surface area (TPSA) is 126 Å². The average Bonchev–Trinajstić information content (AvgIpc) is 3.39. The number of rotatable bonds is 11. The minimum Gasteiger partial charge on any atom is -0.392 e. The highest BCUT2D eigenvalue weighted by Crippen LogP contribution is 2.55. The van der Waals surface area contributed by atoms with Crippen molar-refractivity contribution in [3.63, 3.8) is 0 Å². The summed E-state index contributed by atoms with van der Waals surface area (Å²) in [5, 5.41) is 45.0. The molecule has 0 amide bonds. The van der Waals surface area contributed by atoms with E-state index in [1.807, 2.05) is 55.4 Å².